The second-order valence-corrected chi connectivity index (χ2v) is 3.20. The number of alkyl halides is 3. The predicted molar refractivity (Wildman–Crippen MR) is 57.5 cm³/mol. The Balaban J connectivity index is -0.0000000375. The molecule has 0 saturated carbocycles. The van der Waals surface area contributed by atoms with Crippen LogP contribution in [0.4, 0.5) is 0 Å². The Hall–Kier alpha value is 0.692. The third kappa shape index (κ3) is 36.3. The minimum absolute atomic E-state index is 0. The zero-order valence-electron chi connectivity index (χ0n) is 10.7. The average Bonchev–Trinajstić information content (AvgIpc) is 2.18. The Kier molecular flexibility index (Phi) is 32.1. The van der Waals surface area contributed by atoms with Gasteiger partial charge in [-0.3, -0.25) is 0 Å². The molecule has 0 spiro atoms. The van der Waals surface area contributed by atoms with E-state index in [9.17, 15) is 29.7 Å². The maximum absolute atomic E-state index is 9.21. The van der Waals surface area contributed by atoms with Crippen molar-refractivity contribution in [2.24, 2.45) is 0 Å². The first-order valence-corrected chi connectivity index (χ1v) is 4.83. The van der Waals surface area contributed by atoms with E-state index in [0.717, 1.165) is 0 Å². The van der Waals surface area contributed by atoms with E-state index in [4.69, 9.17) is 15.3 Å². The summed E-state index contributed by atoms with van der Waals surface area (Å²) in [6.07, 6.45) is 0. The number of halogens is 3. The summed E-state index contributed by atoms with van der Waals surface area (Å²) in [7, 11) is 0. The first kappa shape index (κ1) is 32.6. The summed E-state index contributed by atoms with van der Waals surface area (Å²) in [6, 6.07) is 0. The number of rotatable bonds is 3. The van der Waals surface area contributed by atoms with Gasteiger partial charge in [0.05, 0.1) is 17.9 Å². The van der Waals surface area contributed by atoms with E-state index < -0.39 is 34.6 Å². The number of carboxylic acids is 3. The molecule has 0 saturated heterocycles. The van der Waals surface area contributed by atoms with Gasteiger partial charge in [0.25, 0.3) is 0 Å². The summed E-state index contributed by atoms with van der Waals surface area (Å²) in [5.74, 6) is -5.01. The zero-order chi connectivity index (χ0) is 15.5. The van der Waals surface area contributed by atoms with E-state index in [0.29, 0.717) is 0 Å². The van der Waals surface area contributed by atoms with Crippen LogP contribution in [0.5, 0.6) is 0 Å². The zero-order valence-corrected chi connectivity index (χ0v) is 15.2. The first-order valence-electron chi connectivity index (χ1n) is 3.52. The average molecular weight is 379 g/mol. The molecule has 0 radical (unpaired) electrons. The van der Waals surface area contributed by atoms with Gasteiger partial charge < -0.3 is 46.4 Å². The van der Waals surface area contributed by atoms with Gasteiger partial charge in [-0.15, -0.1) is 0 Å². The fourth-order valence-corrected chi connectivity index (χ4v) is 0. The van der Waals surface area contributed by atoms with Crippen molar-refractivity contribution < 1.29 is 76.0 Å². The van der Waals surface area contributed by atoms with Crippen molar-refractivity contribution in [3.05, 3.63) is 0 Å². The molecular formula is C6H7AlCl3NaO9. The fraction of sp³-hybridized carbons (Fsp3) is 0.500. The van der Waals surface area contributed by atoms with Crippen molar-refractivity contribution in [1.29, 1.82) is 0 Å². The molecule has 0 aliphatic carbocycles. The quantitative estimate of drug-likeness (QED) is 0.317. The SMILES string of the molecule is O=C([O-])C(O)Cl.O=C([O-])C(O)Cl.O=C([O-])C(O)Cl.[Al+3].[H-].[Na+]. The van der Waals surface area contributed by atoms with Gasteiger partial charge in [0.1, 0.15) is 0 Å². The molecule has 0 aliphatic rings. The van der Waals surface area contributed by atoms with Crippen LogP contribution in [0.25, 0.3) is 0 Å². The second-order valence-electron chi connectivity index (χ2n) is 1.96. The maximum atomic E-state index is 9.21. The van der Waals surface area contributed by atoms with Gasteiger partial charge in [-0.1, -0.05) is 34.8 Å². The molecule has 0 aromatic heterocycles. The van der Waals surface area contributed by atoms with Crippen LogP contribution in [-0.4, -0.2) is 67.3 Å². The topological polar surface area (TPSA) is 181 Å². The standard InChI is InChI=1S/3C2H3ClO3.Al.Na.H/c3*3-1(4)2(5)6;;;/h3*1,4H,(H,5,6);;;/q;;;+3;+1;-1/p-3. The molecule has 3 N–H and O–H groups in total. The number of carbonyl (C=O) groups is 3. The molecule has 0 aromatic rings. The van der Waals surface area contributed by atoms with Gasteiger partial charge in [-0.2, -0.15) is 0 Å². The van der Waals surface area contributed by atoms with Gasteiger partial charge in [0.2, 0.25) is 0 Å². The third-order valence-electron chi connectivity index (χ3n) is 0.583. The van der Waals surface area contributed by atoms with Crippen LogP contribution in [-0.2, 0) is 14.4 Å². The van der Waals surface area contributed by atoms with Crippen LogP contribution in [0.15, 0.2) is 0 Å². The second kappa shape index (κ2) is 19.7. The number of aliphatic hydroxyl groups is 3. The van der Waals surface area contributed by atoms with Gasteiger partial charge in [0.15, 0.2) is 16.7 Å². The molecule has 0 aromatic carbocycles. The van der Waals surface area contributed by atoms with Crippen LogP contribution in [0, 0.1) is 0 Å². The van der Waals surface area contributed by atoms with E-state index in [-0.39, 0.29) is 48.3 Å². The van der Waals surface area contributed by atoms with Crippen LogP contribution in [0.2, 0.25) is 0 Å². The molecule has 3 unspecified atom stereocenters. The van der Waals surface area contributed by atoms with Crippen molar-refractivity contribution in [1.82, 2.24) is 0 Å². The number of carboxylic acid groups (broad SMARTS) is 3. The maximum Gasteiger partial charge on any atom is 3.00 e. The normalized spacial score (nSPS) is 12.3. The summed E-state index contributed by atoms with van der Waals surface area (Å²) >= 11 is 13.5. The minimum Gasteiger partial charge on any atom is -1.00 e. The monoisotopic (exact) mass is 378 g/mol. The smallest absolute Gasteiger partial charge is 1.00 e. The molecule has 0 fully saturated rings. The molecule has 20 heavy (non-hydrogen) atoms. The number of carbonyl (C=O) groups excluding carboxylic acids is 3. The number of hydrogen-bond donors (Lipinski definition) is 3. The van der Waals surface area contributed by atoms with Crippen LogP contribution in [0.1, 0.15) is 1.43 Å². The van der Waals surface area contributed by atoms with Crippen molar-refractivity contribution in [2.75, 3.05) is 0 Å². The summed E-state index contributed by atoms with van der Waals surface area (Å²) in [4.78, 5) is 27.6. The molecule has 110 valence electrons. The molecule has 3 atom stereocenters. The Morgan fingerprint density at radius 1 is 0.750 bits per heavy atom. The number of aliphatic carboxylic acids is 3. The summed E-state index contributed by atoms with van der Waals surface area (Å²) in [6.45, 7) is 0. The van der Waals surface area contributed by atoms with Crippen LogP contribution >= 0.6 is 34.8 Å². The van der Waals surface area contributed by atoms with E-state index in [1.807, 2.05) is 0 Å². The fourth-order valence-electron chi connectivity index (χ4n) is 0. The molecule has 0 amide bonds. The van der Waals surface area contributed by atoms with Crippen molar-refractivity contribution in [3.63, 3.8) is 0 Å². The molecular weight excluding hydrogens is 372 g/mol. The van der Waals surface area contributed by atoms with Crippen molar-refractivity contribution in [3.8, 4) is 0 Å². The third-order valence-corrected chi connectivity index (χ3v) is 1.12. The number of aliphatic hydroxyl groups excluding tert-OH is 3. The van der Waals surface area contributed by atoms with E-state index in [1.165, 1.54) is 0 Å². The molecule has 0 rings (SSSR count). The van der Waals surface area contributed by atoms with Gasteiger partial charge in [-0.25, -0.2) is 0 Å². The van der Waals surface area contributed by atoms with Gasteiger partial charge in [-0.05, 0) is 0 Å². The molecule has 0 aliphatic heterocycles. The van der Waals surface area contributed by atoms with E-state index in [1.54, 1.807) is 0 Å². The predicted octanol–water partition coefficient (Wildman–Crippen LogP) is -8.38. The molecule has 0 bridgehead atoms. The summed E-state index contributed by atoms with van der Waals surface area (Å²) < 4.78 is 0. The Morgan fingerprint density at radius 2 is 0.800 bits per heavy atom. The Bertz CT molecular complexity index is 239. The van der Waals surface area contributed by atoms with Crippen LogP contribution < -0.4 is 44.9 Å². The Morgan fingerprint density at radius 3 is 0.800 bits per heavy atom. The first-order chi connectivity index (χ1) is 7.93. The molecule has 9 nitrogen and oxygen atoms in total. The summed E-state index contributed by atoms with van der Waals surface area (Å²) in [5, 5.41) is 50.8. The Labute approximate surface area is 162 Å². The molecule has 0 heterocycles. The van der Waals surface area contributed by atoms with Crippen molar-refractivity contribution >= 4 is 70.1 Å². The summed E-state index contributed by atoms with van der Waals surface area (Å²) in [5.41, 5.74) is -5.61. The number of hydrogen-bond acceptors (Lipinski definition) is 9. The van der Waals surface area contributed by atoms with Crippen molar-refractivity contribution in [2.45, 2.75) is 16.7 Å². The van der Waals surface area contributed by atoms with Gasteiger partial charge in [0, 0.05) is 0 Å². The largest absolute Gasteiger partial charge is 3.00 e. The van der Waals surface area contributed by atoms with Gasteiger partial charge >= 0.3 is 46.9 Å². The molecule has 14 heteroatoms. The van der Waals surface area contributed by atoms with Crippen LogP contribution in [0.3, 0.4) is 0 Å². The van der Waals surface area contributed by atoms with E-state index in [2.05, 4.69) is 34.8 Å². The van der Waals surface area contributed by atoms with E-state index >= 15 is 0 Å². The minimum atomic E-state index is -1.87.